The van der Waals surface area contributed by atoms with Gasteiger partial charge in [-0.15, -0.1) is 0 Å². The van der Waals surface area contributed by atoms with E-state index in [9.17, 15) is 14.0 Å². The smallest absolute Gasteiger partial charge is 0.254 e. The molecule has 0 radical (unpaired) electrons. The summed E-state index contributed by atoms with van der Waals surface area (Å²) in [7, 11) is 0. The topological polar surface area (TPSA) is 84.1 Å². The van der Waals surface area contributed by atoms with Crippen molar-refractivity contribution in [3.05, 3.63) is 63.1 Å². The number of rotatable bonds is 5. The third-order valence-electron chi connectivity index (χ3n) is 4.56. The van der Waals surface area contributed by atoms with E-state index in [4.69, 9.17) is 4.74 Å². The van der Waals surface area contributed by atoms with Crippen molar-refractivity contribution in [3.63, 3.8) is 0 Å². The van der Waals surface area contributed by atoms with Gasteiger partial charge in [-0.2, -0.15) is 0 Å². The zero-order chi connectivity index (χ0) is 18.7. The Morgan fingerprint density at radius 2 is 2.12 bits per heavy atom. The summed E-state index contributed by atoms with van der Waals surface area (Å²) in [5, 5.41) is 2.95. The van der Waals surface area contributed by atoms with Crippen molar-refractivity contribution in [1.29, 1.82) is 0 Å². The fourth-order valence-corrected chi connectivity index (χ4v) is 3.27. The molecule has 1 amide bonds. The molecule has 0 spiro atoms. The summed E-state index contributed by atoms with van der Waals surface area (Å²) in [6.45, 7) is 4.04. The van der Waals surface area contributed by atoms with Crippen molar-refractivity contribution in [2.45, 2.75) is 45.3 Å². The second-order valence-electron chi connectivity index (χ2n) is 6.54. The first-order valence-corrected chi connectivity index (χ1v) is 8.67. The van der Waals surface area contributed by atoms with Crippen LogP contribution in [0, 0.1) is 19.7 Å². The summed E-state index contributed by atoms with van der Waals surface area (Å²) in [6, 6.07) is 5.63. The van der Waals surface area contributed by atoms with Gasteiger partial charge in [-0.25, -0.2) is 9.37 Å². The number of aryl methyl sites for hydroxylation is 2. The van der Waals surface area contributed by atoms with E-state index in [1.807, 2.05) is 0 Å². The molecule has 2 heterocycles. The Morgan fingerprint density at radius 1 is 1.38 bits per heavy atom. The minimum Gasteiger partial charge on any atom is -0.376 e. The molecule has 26 heavy (non-hydrogen) atoms. The SMILES string of the molecule is Cc1nc(C)c(CC(=O)N[C@@H](c2ccc(F)cc2)[C@H]2CCCO2)c(=O)[nH]1. The summed E-state index contributed by atoms with van der Waals surface area (Å²) in [5.41, 5.74) is 1.36. The molecular weight excluding hydrogens is 337 g/mol. The molecule has 1 saturated heterocycles. The molecule has 2 N–H and O–H groups in total. The predicted octanol–water partition coefficient (Wildman–Crippen LogP) is 2.10. The van der Waals surface area contributed by atoms with Crippen molar-refractivity contribution in [3.8, 4) is 0 Å². The number of ether oxygens (including phenoxy) is 1. The van der Waals surface area contributed by atoms with E-state index in [2.05, 4.69) is 15.3 Å². The molecule has 0 aliphatic carbocycles. The Kier molecular flexibility index (Phi) is 5.46. The molecule has 6 nitrogen and oxygen atoms in total. The van der Waals surface area contributed by atoms with Gasteiger partial charge in [-0.1, -0.05) is 12.1 Å². The maximum Gasteiger partial charge on any atom is 0.254 e. The molecule has 1 aliphatic rings. The van der Waals surface area contributed by atoms with Crippen molar-refractivity contribution in [1.82, 2.24) is 15.3 Å². The Bertz CT molecular complexity index is 842. The number of aromatic amines is 1. The quantitative estimate of drug-likeness (QED) is 0.856. The van der Waals surface area contributed by atoms with Crippen LogP contribution in [-0.2, 0) is 16.0 Å². The van der Waals surface area contributed by atoms with E-state index >= 15 is 0 Å². The number of nitrogens with one attached hydrogen (secondary N) is 2. The Labute approximate surface area is 150 Å². The third kappa shape index (κ3) is 4.16. The molecule has 3 rings (SSSR count). The molecule has 138 valence electrons. The van der Waals surface area contributed by atoms with Crippen molar-refractivity contribution >= 4 is 5.91 Å². The summed E-state index contributed by atoms with van der Waals surface area (Å²) in [4.78, 5) is 31.5. The van der Waals surface area contributed by atoms with Crippen LogP contribution in [0.15, 0.2) is 29.1 Å². The molecule has 0 saturated carbocycles. The number of benzene rings is 1. The van der Waals surface area contributed by atoms with Gasteiger partial charge in [0.1, 0.15) is 11.6 Å². The highest BCUT2D eigenvalue weighted by molar-refractivity contribution is 5.79. The molecule has 1 aliphatic heterocycles. The van der Waals surface area contributed by atoms with E-state index in [0.29, 0.717) is 23.7 Å². The molecule has 2 atom stereocenters. The van der Waals surface area contributed by atoms with Crippen LogP contribution in [0.3, 0.4) is 0 Å². The fourth-order valence-electron chi connectivity index (χ4n) is 3.27. The maximum absolute atomic E-state index is 13.2. The first-order chi connectivity index (χ1) is 12.4. The minimum absolute atomic E-state index is 0.0706. The largest absolute Gasteiger partial charge is 0.376 e. The highest BCUT2D eigenvalue weighted by Crippen LogP contribution is 2.27. The van der Waals surface area contributed by atoms with Gasteiger partial charge in [0.25, 0.3) is 5.56 Å². The first-order valence-electron chi connectivity index (χ1n) is 8.67. The van der Waals surface area contributed by atoms with Gasteiger partial charge in [0, 0.05) is 17.9 Å². The monoisotopic (exact) mass is 359 g/mol. The highest BCUT2D eigenvalue weighted by Gasteiger charge is 2.29. The molecule has 1 aromatic carbocycles. The van der Waals surface area contributed by atoms with Crippen LogP contribution in [-0.4, -0.2) is 28.6 Å². The van der Waals surface area contributed by atoms with Crippen LogP contribution >= 0.6 is 0 Å². The fraction of sp³-hybridized carbons (Fsp3) is 0.421. The van der Waals surface area contributed by atoms with E-state index in [-0.39, 0.29) is 35.9 Å². The lowest BCUT2D eigenvalue weighted by Crippen LogP contribution is -2.38. The minimum atomic E-state index is -0.386. The Balaban J connectivity index is 1.79. The molecule has 0 unspecified atom stereocenters. The predicted molar refractivity (Wildman–Crippen MR) is 94.3 cm³/mol. The van der Waals surface area contributed by atoms with Crippen molar-refractivity contribution < 1.29 is 13.9 Å². The standard InChI is InChI=1S/C19H22FN3O3/c1-11-15(19(25)22-12(2)21-11)10-17(24)23-18(16-4-3-9-26-16)13-5-7-14(20)8-6-13/h5-8,16,18H,3-4,9-10H2,1-2H3,(H,23,24)(H,21,22,25)/t16-,18+/m1/s1. The van der Waals surface area contributed by atoms with Crippen LogP contribution in [0.25, 0.3) is 0 Å². The van der Waals surface area contributed by atoms with E-state index in [1.165, 1.54) is 12.1 Å². The van der Waals surface area contributed by atoms with Gasteiger partial charge in [0.2, 0.25) is 5.91 Å². The summed E-state index contributed by atoms with van der Waals surface area (Å²) in [6.07, 6.45) is 1.49. The van der Waals surface area contributed by atoms with E-state index < -0.39 is 0 Å². The number of amides is 1. The average Bonchev–Trinajstić information content (AvgIpc) is 3.11. The zero-order valence-corrected chi connectivity index (χ0v) is 14.8. The molecule has 1 fully saturated rings. The van der Waals surface area contributed by atoms with Gasteiger partial charge in [-0.3, -0.25) is 9.59 Å². The Morgan fingerprint density at radius 3 is 2.73 bits per heavy atom. The highest BCUT2D eigenvalue weighted by atomic mass is 19.1. The number of aromatic nitrogens is 2. The van der Waals surface area contributed by atoms with Crippen LogP contribution in [0.4, 0.5) is 4.39 Å². The van der Waals surface area contributed by atoms with Crippen LogP contribution in [0.2, 0.25) is 0 Å². The molecule has 1 aromatic heterocycles. The van der Waals surface area contributed by atoms with Gasteiger partial charge in [0.15, 0.2) is 0 Å². The molecule has 2 aromatic rings. The number of H-pyrrole nitrogens is 1. The second kappa shape index (κ2) is 7.78. The number of hydrogen-bond donors (Lipinski definition) is 2. The molecular formula is C19H22FN3O3. The van der Waals surface area contributed by atoms with Gasteiger partial charge >= 0.3 is 0 Å². The number of nitrogens with zero attached hydrogens (tertiary/aromatic N) is 1. The normalized spacial score (nSPS) is 17.9. The maximum atomic E-state index is 13.2. The Hall–Kier alpha value is -2.54. The first kappa shape index (κ1) is 18.3. The lowest BCUT2D eigenvalue weighted by atomic mass is 9.98. The summed E-state index contributed by atoms with van der Waals surface area (Å²) < 4.78 is 19.0. The van der Waals surface area contributed by atoms with Gasteiger partial charge in [0.05, 0.1) is 18.6 Å². The number of hydrogen-bond acceptors (Lipinski definition) is 4. The number of halogens is 1. The lowest BCUT2D eigenvalue weighted by Gasteiger charge is -2.25. The number of carbonyl (C=O) groups excluding carboxylic acids is 1. The lowest BCUT2D eigenvalue weighted by molar-refractivity contribution is -0.122. The average molecular weight is 359 g/mol. The van der Waals surface area contributed by atoms with Crippen LogP contribution in [0.5, 0.6) is 0 Å². The molecule has 0 bridgehead atoms. The third-order valence-corrected chi connectivity index (χ3v) is 4.56. The summed E-state index contributed by atoms with van der Waals surface area (Å²) in [5.74, 6) is -0.117. The van der Waals surface area contributed by atoms with Crippen LogP contribution in [0.1, 0.15) is 41.5 Å². The number of carbonyl (C=O) groups is 1. The van der Waals surface area contributed by atoms with Crippen molar-refractivity contribution in [2.24, 2.45) is 0 Å². The van der Waals surface area contributed by atoms with Crippen LogP contribution < -0.4 is 10.9 Å². The zero-order valence-electron chi connectivity index (χ0n) is 14.8. The molecule has 7 heteroatoms. The van der Waals surface area contributed by atoms with Gasteiger partial charge in [-0.05, 0) is 44.4 Å². The van der Waals surface area contributed by atoms with E-state index in [1.54, 1.807) is 26.0 Å². The van der Waals surface area contributed by atoms with E-state index in [0.717, 1.165) is 18.4 Å². The summed E-state index contributed by atoms with van der Waals surface area (Å²) >= 11 is 0. The second-order valence-corrected chi connectivity index (χ2v) is 6.54. The van der Waals surface area contributed by atoms with Crippen molar-refractivity contribution in [2.75, 3.05) is 6.61 Å². The van der Waals surface area contributed by atoms with Gasteiger partial charge < -0.3 is 15.0 Å².